The molecule has 1 aromatic heterocycles. The molecule has 1 heterocycles. The summed E-state index contributed by atoms with van der Waals surface area (Å²) >= 11 is 6.51. The Morgan fingerprint density at radius 1 is 0.926 bits per heavy atom. The number of ketones is 1. The molecule has 4 heteroatoms. The van der Waals surface area contributed by atoms with Gasteiger partial charge in [-0.05, 0) is 17.7 Å². The van der Waals surface area contributed by atoms with Crippen molar-refractivity contribution in [2.75, 3.05) is 0 Å². The molecular formula is C23H16ClNO2. The predicted molar refractivity (Wildman–Crippen MR) is 107 cm³/mol. The zero-order chi connectivity index (χ0) is 18.6. The Labute approximate surface area is 162 Å². The highest BCUT2D eigenvalue weighted by Gasteiger charge is 2.16. The van der Waals surface area contributed by atoms with Gasteiger partial charge in [0.2, 0.25) is 0 Å². The summed E-state index contributed by atoms with van der Waals surface area (Å²) < 4.78 is 5.84. The van der Waals surface area contributed by atoms with Crippen LogP contribution in [0.5, 0.6) is 5.75 Å². The molecule has 0 spiro atoms. The minimum absolute atomic E-state index is 0.139. The van der Waals surface area contributed by atoms with Crippen LogP contribution >= 0.6 is 11.6 Å². The van der Waals surface area contributed by atoms with Crippen LogP contribution in [0.15, 0.2) is 85.1 Å². The van der Waals surface area contributed by atoms with E-state index in [2.05, 4.69) is 4.98 Å². The van der Waals surface area contributed by atoms with Gasteiger partial charge in [0.15, 0.2) is 5.78 Å². The molecule has 0 saturated heterocycles. The Balaban J connectivity index is 1.61. The second kappa shape index (κ2) is 7.60. The number of halogens is 1. The van der Waals surface area contributed by atoms with Gasteiger partial charge in [-0.1, -0.05) is 72.3 Å². The van der Waals surface area contributed by atoms with Crippen molar-refractivity contribution in [2.45, 2.75) is 6.61 Å². The van der Waals surface area contributed by atoms with E-state index >= 15 is 0 Å². The van der Waals surface area contributed by atoms with Crippen LogP contribution in [0.4, 0.5) is 0 Å². The number of carbonyl (C=O) groups excluding carboxylic acids is 1. The highest BCUT2D eigenvalue weighted by molar-refractivity contribution is 6.39. The van der Waals surface area contributed by atoms with E-state index in [-0.39, 0.29) is 5.78 Å². The lowest BCUT2D eigenvalue weighted by molar-refractivity contribution is 0.103. The Kier molecular flexibility index (Phi) is 4.86. The normalized spacial score (nSPS) is 10.7. The number of hydrogen-bond acceptors (Lipinski definition) is 3. The maximum Gasteiger partial charge on any atom is 0.196 e. The van der Waals surface area contributed by atoms with Crippen LogP contribution in [0.3, 0.4) is 0 Å². The van der Waals surface area contributed by atoms with Gasteiger partial charge in [-0.15, -0.1) is 0 Å². The molecule has 0 aliphatic heterocycles. The van der Waals surface area contributed by atoms with E-state index in [0.29, 0.717) is 34.0 Å². The molecule has 0 fully saturated rings. The lowest BCUT2D eigenvalue weighted by atomic mass is 10.0. The molecule has 0 aliphatic carbocycles. The summed E-state index contributed by atoms with van der Waals surface area (Å²) in [5.41, 5.74) is 2.76. The van der Waals surface area contributed by atoms with Gasteiger partial charge >= 0.3 is 0 Å². The van der Waals surface area contributed by atoms with Gasteiger partial charge in [0, 0.05) is 23.2 Å². The molecule has 0 radical (unpaired) electrons. The topological polar surface area (TPSA) is 39.2 Å². The average Bonchev–Trinajstić information content (AvgIpc) is 2.73. The summed E-state index contributed by atoms with van der Waals surface area (Å²) in [6.07, 6.45) is 1.53. The number of carbonyl (C=O) groups is 1. The number of fused-ring (bicyclic) bond motifs is 1. The fourth-order valence-electron chi connectivity index (χ4n) is 2.87. The van der Waals surface area contributed by atoms with Crippen molar-refractivity contribution in [3.63, 3.8) is 0 Å². The van der Waals surface area contributed by atoms with Gasteiger partial charge in [0.25, 0.3) is 0 Å². The third-order valence-corrected chi connectivity index (χ3v) is 4.71. The van der Waals surface area contributed by atoms with Crippen LogP contribution < -0.4 is 4.74 Å². The fraction of sp³-hybridized carbons (Fsp3) is 0.0435. The van der Waals surface area contributed by atoms with Gasteiger partial charge in [-0.2, -0.15) is 0 Å². The third-order valence-electron chi connectivity index (χ3n) is 4.30. The second-order valence-corrected chi connectivity index (χ2v) is 6.51. The first kappa shape index (κ1) is 17.3. The molecule has 4 aromatic rings. The van der Waals surface area contributed by atoms with Crippen LogP contribution in [0, 0.1) is 0 Å². The molecule has 0 aliphatic rings. The predicted octanol–water partition coefficient (Wildman–Crippen LogP) is 5.70. The number of ether oxygens (including phenoxy) is 1. The molecule has 0 saturated carbocycles. The van der Waals surface area contributed by atoms with Gasteiger partial charge in [-0.25, -0.2) is 0 Å². The summed E-state index contributed by atoms with van der Waals surface area (Å²) in [4.78, 5) is 17.1. The van der Waals surface area contributed by atoms with E-state index in [4.69, 9.17) is 16.3 Å². The average molecular weight is 374 g/mol. The molecule has 0 atom stereocenters. The molecule has 0 unspecified atom stereocenters. The Morgan fingerprint density at radius 3 is 2.37 bits per heavy atom. The molecule has 4 rings (SSSR count). The Hall–Kier alpha value is -3.17. The smallest absolute Gasteiger partial charge is 0.196 e. The fourth-order valence-corrected chi connectivity index (χ4v) is 3.17. The zero-order valence-corrected chi connectivity index (χ0v) is 15.2. The molecule has 3 nitrogen and oxygen atoms in total. The van der Waals surface area contributed by atoms with Crippen molar-refractivity contribution >= 4 is 28.3 Å². The van der Waals surface area contributed by atoms with Crippen molar-refractivity contribution < 1.29 is 9.53 Å². The van der Waals surface area contributed by atoms with Crippen LogP contribution in [0.2, 0.25) is 5.02 Å². The highest BCUT2D eigenvalue weighted by atomic mass is 35.5. The van der Waals surface area contributed by atoms with E-state index in [1.165, 1.54) is 6.20 Å². The van der Waals surface area contributed by atoms with E-state index < -0.39 is 0 Å². The molecule has 0 amide bonds. The van der Waals surface area contributed by atoms with Crippen LogP contribution in [0.1, 0.15) is 21.5 Å². The molecule has 27 heavy (non-hydrogen) atoms. The first-order valence-electron chi connectivity index (χ1n) is 8.57. The maximum absolute atomic E-state index is 12.7. The number of hydrogen-bond donors (Lipinski definition) is 0. The number of rotatable bonds is 5. The monoisotopic (exact) mass is 373 g/mol. The zero-order valence-electron chi connectivity index (χ0n) is 14.4. The number of benzene rings is 3. The van der Waals surface area contributed by atoms with E-state index in [1.807, 2.05) is 66.7 Å². The summed E-state index contributed by atoms with van der Waals surface area (Å²) in [5.74, 6) is 0.566. The summed E-state index contributed by atoms with van der Waals surface area (Å²) in [6, 6.07) is 24.5. The SMILES string of the molecule is O=C(c1ccccc1)c1cnc2cc(OCc3ccccc3)ccc2c1Cl. The van der Waals surface area contributed by atoms with Gasteiger partial charge < -0.3 is 4.74 Å². The van der Waals surface area contributed by atoms with E-state index in [1.54, 1.807) is 12.1 Å². The van der Waals surface area contributed by atoms with E-state index in [0.717, 1.165) is 10.9 Å². The molecule has 3 aromatic carbocycles. The molecule has 0 N–H and O–H groups in total. The standard InChI is InChI=1S/C23H16ClNO2/c24-22-19-12-11-18(27-15-16-7-3-1-4-8-16)13-21(19)25-14-20(22)23(26)17-9-5-2-6-10-17/h1-14H,15H2. The van der Waals surface area contributed by atoms with Crippen molar-refractivity contribution in [3.05, 3.63) is 107 Å². The molecular weight excluding hydrogens is 358 g/mol. The largest absolute Gasteiger partial charge is 0.489 e. The third kappa shape index (κ3) is 3.69. The van der Waals surface area contributed by atoms with Crippen LogP contribution in [0.25, 0.3) is 10.9 Å². The van der Waals surface area contributed by atoms with Gasteiger partial charge in [0.05, 0.1) is 16.1 Å². The number of pyridine rings is 1. The maximum atomic E-state index is 12.7. The summed E-state index contributed by atoms with van der Waals surface area (Å²) in [7, 11) is 0. The number of aromatic nitrogens is 1. The lowest BCUT2D eigenvalue weighted by Gasteiger charge is -2.10. The Morgan fingerprint density at radius 2 is 1.63 bits per heavy atom. The minimum atomic E-state index is -0.139. The van der Waals surface area contributed by atoms with Crippen molar-refractivity contribution in [1.29, 1.82) is 0 Å². The minimum Gasteiger partial charge on any atom is -0.489 e. The number of nitrogens with zero attached hydrogens (tertiary/aromatic N) is 1. The highest BCUT2D eigenvalue weighted by Crippen LogP contribution is 2.30. The quantitative estimate of drug-likeness (QED) is 0.421. The lowest BCUT2D eigenvalue weighted by Crippen LogP contribution is -2.03. The summed E-state index contributed by atoms with van der Waals surface area (Å²) in [6.45, 7) is 0.477. The van der Waals surface area contributed by atoms with Crippen molar-refractivity contribution in [1.82, 2.24) is 4.98 Å². The van der Waals surface area contributed by atoms with Crippen molar-refractivity contribution in [3.8, 4) is 5.75 Å². The molecule has 0 bridgehead atoms. The second-order valence-electron chi connectivity index (χ2n) is 6.13. The first-order chi connectivity index (χ1) is 13.2. The van der Waals surface area contributed by atoms with Crippen LogP contribution in [-0.4, -0.2) is 10.8 Å². The van der Waals surface area contributed by atoms with E-state index in [9.17, 15) is 4.79 Å². The Bertz CT molecular complexity index is 1100. The first-order valence-corrected chi connectivity index (χ1v) is 8.95. The van der Waals surface area contributed by atoms with Crippen LogP contribution in [-0.2, 0) is 6.61 Å². The van der Waals surface area contributed by atoms with Gasteiger partial charge in [-0.3, -0.25) is 9.78 Å². The van der Waals surface area contributed by atoms with Gasteiger partial charge in [0.1, 0.15) is 12.4 Å². The molecule has 132 valence electrons. The van der Waals surface area contributed by atoms with Crippen molar-refractivity contribution in [2.24, 2.45) is 0 Å². The summed E-state index contributed by atoms with van der Waals surface area (Å²) in [5, 5.41) is 1.13.